The average Bonchev–Trinajstić information content (AvgIpc) is 2.65. The maximum absolute atomic E-state index is 11.4. The van der Waals surface area contributed by atoms with Crippen molar-refractivity contribution >= 4 is 11.9 Å². The summed E-state index contributed by atoms with van der Waals surface area (Å²) in [5, 5.41) is 14.5. The van der Waals surface area contributed by atoms with Gasteiger partial charge in [0, 0.05) is 6.07 Å². The SMILES string of the molecule is CC(C)C(NC(=O)c1ccno1)C(=O)O. The van der Waals surface area contributed by atoms with Gasteiger partial charge < -0.3 is 14.9 Å². The van der Waals surface area contributed by atoms with Gasteiger partial charge in [-0.15, -0.1) is 0 Å². The first-order valence-corrected chi connectivity index (χ1v) is 4.46. The van der Waals surface area contributed by atoms with Crippen LogP contribution in [-0.2, 0) is 4.79 Å². The number of aliphatic carboxylic acids is 1. The van der Waals surface area contributed by atoms with Gasteiger partial charge in [-0.1, -0.05) is 19.0 Å². The molecule has 0 bridgehead atoms. The Labute approximate surface area is 86.3 Å². The first kappa shape index (κ1) is 11.2. The number of nitrogens with zero attached hydrogens (tertiary/aromatic N) is 1. The molecule has 1 heterocycles. The second kappa shape index (κ2) is 4.59. The Morgan fingerprint density at radius 3 is 2.60 bits per heavy atom. The quantitative estimate of drug-likeness (QED) is 0.758. The Balaban J connectivity index is 2.67. The minimum atomic E-state index is -1.07. The molecule has 1 aromatic rings. The maximum Gasteiger partial charge on any atom is 0.326 e. The third kappa shape index (κ3) is 2.80. The minimum absolute atomic E-state index is 0.00176. The van der Waals surface area contributed by atoms with Crippen molar-refractivity contribution in [2.24, 2.45) is 5.92 Å². The second-order valence-electron chi connectivity index (χ2n) is 3.41. The van der Waals surface area contributed by atoms with E-state index in [0.29, 0.717) is 0 Å². The van der Waals surface area contributed by atoms with Gasteiger partial charge in [0.2, 0.25) is 5.76 Å². The summed E-state index contributed by atoms with van der Waals surface area (Å²) in [5.41, 5.74) is 0. The summed E-state index contributed by atoms with van der Waals surface area (Å²) in [5.74, 6) is -1.84. The predicted molar refractivity (Wildman–Crippen MR) is 50.2 cm³/mol. The molecule has 0 aliphatic heterocycles. The molecule has 0 aromatic carbocycles. The summed E-state index contributed by atoms with van der Waals surface area (Å²) < 4.78 is 4.60. The molecule has 0 aliphatic rings. The molecule has 2 N–H and O–H groups in total. The zero-order valence-electron chi connectivity index (χ0n) is 8.43. The van der Waals surface area contributed by atoms with E-state index >= 15 is 0 Å². The Hall–Kier alpha value is -1.85. The zero-order chi connectivity index (χ0) is 11.4. The van der Waals surface area contributed by atoms with E-state index in [1.165, 1.54) is 12.3 Å². The first-order valence-electron chi connectivity index (χ1n) is 4.46. The maximum atomic E-state index is 11.4. The van der Waals surface area contributed by atoms with Gasteiger partial charge in [-0.2, -0.15) is 0 Å². The molecule has 1 aromatic heterocycles. The topological polar surface area (TPSA) is 92.4 Å². The minimum Gasteiger partial charge on any atom is -0.480 e. The molecule has 0 saturated heterocycles. The van der Waals surface area contributed by atoms with Crippen LogP contribution in [0, 0.1) is 5.92 Å². The Kier molecular flexibility index (Phi) is 3.43. The lowest BCUT2D eigenvalue weighted by molar-refractivity contribution is -0.140. The van der Waals surface area contributed by atoms with Gasteiger partial charge in [-0.05, 0) is 5.92 Å². The van der Waals surface area contributed by atoms with Crippen molar-refractivity contribution in [1.82, 2.24) is 10.5 Å². The van der Waals surface area contributed by atoms with Crippen LogP contribution in [0.2, 0.25) is 0 Å². The molecule has 0 fully saturated rings. The van der Waals surface area contributed by atoms with E-state index in [0.717, 1.165) is 0 Å². The number of carbonyl (C=O) groups excluding carboxylic acids is 1. The van der Waals surface area contributed by atoms with Crippen molar-refractivity contribution in [2.45, 2.75) is 19.9 Å². The number of hydrogen-bond donors (Lipinski definition) is 2. The van der Waals surface area contributed by atoms with Crippen LogP contribution < -0.4 is 5.32 Å². The molecule has 6 nitrogen and oxygen atoms in total. The van der Waals surface area contributed by atoms with Gasteiger partial charge in [-0.3, -0.25) is 4.79 Å². The van der Waals surface area contributed by atoms with Crippen molar-refractivity contribution in [3.8, 4) is 0 Å². The van der Waals surface area contributed by atoms with Gasteiger partial charge >= 0.3 is 5.97 Å². The third-order valence-electron chi connectivity index (χ3n) is 1.88. The van der Waals surface area contributed by atoms with Crippen LogP contribution in [-0.4, -0.2) is 28.2 Å². The highest BCUT2D eigenvalue weighted by atomic mass is 16.5. The summed E-state index contributed by atoms with van der Waals surface area (Å²) in [6.07, 6.45) is 1.32. The lowest BCUT2D eigenvalue weighted by Crippen LogP contribution is -2.44. The summed E-state index contributed by atoms with van der Waals surface area (Å²) in [7, 11) is 0. The van der Waals surface area contributed by atoms with Gasteiger partial charge in [-0.25, -0.2) is 4.79 Å². The molecular weight excluding hydrogens is 200 g/mol. The van der Waals surface area contributed by atoms with E-state index in [4.69, 9.17) is 5.11 Å². The van der Waals surface area contributed by atoms with Crippen LogP contribution in [0.25, 0.3) is 0 Å². The van der Waals surface area contributed by atoms with Crippen molar-refractivity contribution in [3.63, 3.8) is 0 Å². The highest BCUT2D eigenvalue weighted by molar-refractivity contribution is 5.94. The highest BCUT2D eigenvalue weighted by Crippen LogP contribution is 2.04. The van der Waals surface area contributed by atoms with Crippen molar-refractivity contribution in [2.75, 3.05) is 0 Å². The van der Waals surface area contributed by atoms with E-state index in [1.54, 1.807) is 13.8 Å². The van der Waals surface area contributed by atoms with Crippen LogP contribution >= 0.6 is 0 Å². The molecule has 82 valence electrons. The van der Waals surface area contributed by atoms with Crippen LogP contribution in [0.4, 0.5) is 0 Å². The number of amides is 1. The highest BCUT2D eigenvalue weighted by Gasteiger charge is 2.24. The molecule has 0 spiro atoms. The number of nitrogens with one attached hydrogen (secondary N) is 1. The lowest BCUT2D eigenvalue weighted by Gasteiger charge is -2.16. The standard InChI is InChI=1S/C9H12N2O4/c1-5(2)7(9(13)14)11-8(12)6-3-4-10-15-6/h3-5,7H,1-2H3,(H,11,12)(H,13,14). The fourth-order valence-electron chi connectivity index (χ4n) is 1.06. The summed E-state index contributed by atoms with van der Waals surface area (Å²) in [6, 6.07) is 0.441. The van der Waals surface area contributed by atoms with Crippen molar-refractivity contribution in [1.29, 1.82) is 0 Å². The number of carboxylic acids is 1. The Bertz CT molecular complexity index is 345. The summed E-state index contributed by atoms with van der Waals surface area (Å²) >= 11 is 0. The molecule has 15 heavy (non-hydrogen) atoms. The summed E-state index contributed by atoms with van der Waals surface area (Å²) in [6.45, 7) is 3.42. The molecule has 6 heteroatoms. The van der Waals surface area contributed by atoms with Crippen molar-refractivity contribution < 1.29 is 19.2 Å². The summed E-state index contributed by atoms with van der Waals surface area (Å²) in [4.78, 5) is 22.2. The lowest BCUT2D eigenvalue weighted by atomic mass is 10.0. The molecule has 0 aliphatic carbocycles. The molecule has 1 unspecified atom stereocenters. The number of aromatic nitrogens is 1. The largest absolute Gasteiger partial charge is 0.480 e. The molecule has 1 atom stereocenters. The number of rotatable bonds is 4. The normalized spacial score (nSPS) is 12.5. The number of hydrogen-bond acceptors (Lipinski definition) is 4. The molecular formula is C9H12N2O4. The molecule has 0 radical (unpaired) electrons. The van der Waals surface area contributed by atoms with Gasteiger partial charge in [0.05, 0.1) is 6.20 Å². The zero-order valence-corrected chi connectivity index (χ0v) is 8.43. The van der Waals surface area contributed by atoms with E-state index in [9.17, 15) is 9.59 Å². The fraction of sp³-hybridized carbons (Fsp3) is 0.444. The smallest absolute Gasteiger partial charge is 0.326 e. The van der Waals surface area contributed by atoms with Gasteiger partial charge in [0.1, 0.15) is 6.04 Å². The van der Waals surface area contributed by atoms with Gasteiger partial charge in [0.25, 0.3) is 5.91 Å². The van der Waals surface area contributed by atoms with Crippen molar-refractivity contribution in [3.05, 3.63) is 18.0 Å². The molecule has 0 saturated carbocycles. The molecule has 1 rings (SSSR count). The predicted octanol–water partition coefficient (Wildman–Crippen LogP) is 0.514. The van der Waals surface area contributed by atoms with E-state index in [2.05, 4.69) is 15.0 Å². The average molecular weight is 212 g/mol. The third-order valence-corrected chi connectivity index (χ3v) is 1.88. The number of carboxylic acid groups (broad SMARTS) is 1. The van der Waals surface area contributed by atoms with E-state index in [-0.39, 0.29) is 11.7 Å². The first-order chi connectivity index (χ1) is 7.02. The van der Waals surface area contributed by atoms with Crippen LogP contribution in [0.3, 0.4) is 0 Å². The van der Waals surface area contributed by atoms with Crippen LogP contribution in [0.15, 0.2) is 16.8 Å². The second-order valence-corrected chi connectivity index (χ2v) is 3.41. The van der Waals surface area contributed by atoms with Gasteiger partial charge in [0.15, 0.2) is 0 Å². The molecule has 1 amide bonds. The Morgan fingerprint density at radius 1 is 1.53 bits per heavy atom. The van der Waals surface area contributed by atoms with Crippen LogP contribution in [0.1, 0.15) is 24.4 Å². The monoisotopic (exact) mass is 212 g/mol. The Morgan fingerprint density at radius 2 is 2.20 bits per heavy atom. The number of carbonyl (C=O) groups is 2. The van der Waals surface area contributed by atoms with E-state index in [1.807, 2.05) is 0 Å². The fourth-order valence-corrected chi connectivity index (χ4v) is 1.06. The van der Waals surface area contributed by atoms with E-state index < -0.39 is 17.9 Å². The van der Waals surface area contributed by atoms with Crippen LogP contribution in [0.5, 0.6) is 0 Å².